The highest BCUT2D eigenvalue weighted by Crippen LogP contribution is 2.44. The fourth-order valence-corrected chi connectivity index (χ4v) is 3.96. The summed E-state index contributed by atoms with van der Waals surface area (Å²) in [7, 11) is 1.23. The van der Waals surface area contributed by atoms with Crippen molar-refractivity contribution in [1.82, 2.24) is 10.6 Å². The average Bonchev–Trinajstić information content (AvgIpc) is 3.16. The number of carbonyl (C=O) groups excluding carboxylic acids is 3. The third-order valence-electron chi connectivity index (χ3n) is 5.60. The second-order valence-electron chi connectivity index (χ2n) is 7.98. The van der Waals surface area contributed by atoms with Gasteiger partial charge in [-0.3, -0.25) is 14.6 Å². The quantitative estimate of drug-likeness (QED) is 0.213. The lowest BCUT2D eigenvalue weighted by Crippen LogP contribution is -2.48. The molecule has 1 aliphatic rings. The Kier molecular flexibility index (Phi) is 8.61. The molecule has 2 amide bonds. The molecule has 0 unspecified atom stereocenters. The second kappa shape index (κ2) is 11.8. The first kappa shape index (κ1) is 24.8. The van der Waals surface area contributed by atoms with Gasteiger partial charge in [0.15, 0.2) is 0 Å². The Bertz CT molecular complexity index is 1020. The van der Waals surface area contributed by atoms with Crippen LogP contribution in [0.2, 0.25) is 0 Å². The van der Waals surface area contributed by atoms with Crippen LogP contribution in [0.25, 0.3) is 11.1 Å². The van der Waals surface area contributed by atoms with Crippen LogP contribution in [-0.4, -0.2) is 56.7 Å². The number of nitrogens with one attached hydrogen (secondary N) is 2. The summed E-state index contributed by atoms with van der Waals surface area (Å²) in [5.41, 5.74) is 9.99. The summed E-state index contributed by atoms with van der Waals surface area (Å²) >= 11 is 0. The van der Waals surface area contributed by atoms with Crippen molar-refractivity contribution in [3.63, 3.8) is 0 Å². The molecule has 2 aromatic carbocycles. The number of ether oxygens (including phenoxy) is 2. The fourth-order valence-electron chi connectivity index (χ4n) is 3.96. The normalized spacial score (nSPS) is 13.4. The molecule has 0 fully saturated rings. The van der Waals surface area contributed by atoms with E-state index in [4.69, 9.17) is 10.5 Å². The van der Waals surface area contributed by atoms with E-state index in [2.05, 4.69) is 32.5 Å². The lowest BCUT2D eigenvalue weighted by atomic mass is 9.98. The van der Waals surface area contributed by atoms with Gasteiger partial charge in [0.05, 0.1) is 12.9 Å². The predicted molar refractivity (Wildman–Crippen MR) is 128 cm³/mol. The number of fused-ring (bicyclic) bond motifs is 3. The minimum atomic E-state index is -0.895. The molecule has 1 atom stereocenters. The number of benzene rings is 2. The van der Waals surface area contributed by atoms with Gasteiger partial charge in [-0.25, -0.2) is 4.79 Å². The smallest absolute Gasteiger partial charge is 0.407 e. The van der Waals surface area contributed by atoms with Crippen LogP contribution in [0.3, 0.4) is 0 Å². The maximum Gasteiger partial charge on any atom is 0.407 e. The van der Waals surface area contributed by atoms with E-state index in [1.165, 1.54) is 7.11 Å². The Morgan fingerprint density at radius 2 is 1.68 bits per heavy atom. The molecule has 4 N–H and O–H groups in total. The first-order valence-electron chi connectivity index (χ1n) is 11.1. The Balaban J connectivity index is 1.62. The Morgan fingerprint density at radius 1 is 1.06 bits per heavy atom. The van der Waals surface area contributed by atoms with E-state index in [-0.39, 0.29) is 19.1 Å². The summed E-state index contributed by atoms with van der Waals surface area (Å²) in [6, 6.07) is 15.2. The second-order valence-corrected chi connectivity index (χ2v) is 7.98. The topological polar surface area (TPSA) is 132 Å². The van der Waals surface area contributed by atoms with Crippen molar-refractivity contribution in [3.05, 3.63) is 59.7 Å². The number of nitrogens with two attached hydrogens (primary N) is 1. The van der Waals surface area contributed by atoms with Crippen LogP contribution in [-0.2, 0) is 19.1 Å². The molecule has 0 spiro atoms. The molecule has 9 nitrogen and oxygen atoms in total. The summed E-state index contributed by atoms with van der Waals surface area (Å²) < 4.78 is 10.1. The molecule has 34 heavy (non-hydrogen) atoms. The summed E-state index contributed by atoms with van der Waals surface area (Å²) in [5, 5.41) is 5.08. The van der Waals surface area contributed by atoms with Gasteiger partial charge in [0.2, 0.25) is 5.91 Å². The zero-order valence-corrected chi connectivity index (χ0v) is 19.4. The van der Waals surface area contributed by atoms with Crippen molar-refractivity contribution in [3.8, 4) is 11.1 Å². The van der Waals surface area contributed by atoms with E-state index in [9.17, 15) is 14.4 Å². The molecule has 1 aliphatic carbocycles. The molecule has 9 heteroatoms. The van der Waals surface area contributed by atoms with Gasteiger partial charge in [0.25, 0.3) is 0 Å². The number of hydrogen-bond acceptors (Lipinski definition) is 6. The number of methoxy groups -OCH3 is 1. The van der Waals surface area contributed by atoms with Gasteiger partial charge >= 0.3 is 12.1 Å². The number of nitrogens with zero attached hydrogens (tertiary/aromatic N) is 1. The number of alkyl carbamates (subject to hydrolysis) is 1. The summed E-state index contributed by atoms with van der Waals surface area (Å²) in [5.74, 6) is -0.744. The highest BCUT2D eigenvalue weighted by atomic mass is 16.5. The lowest BCUT2D eigenvalue weighted by molar-refractivity contribution is -0.141. The first-order valence-corrected chi connectivity index (χ1v) is 11.1. The number of amidine groups is 1. The summed E-state index contributed by atoms with van der Waals surface area (Å²) in [4.78, 5) is 40.7. The molecule has 0 radical (unpaired) electrons. The zero-order valence-electron chi connectivity index (χ0n) is 19.4. The van der Waals surface area contributed by atoms with E-state index in [1.807, 2.05) is 36.4 Å². The molecule has 180 valence electrons. The fraction of sp³-hybridized carbons (Fsp3) is 0.360. The molecule has 0 aliphatic heterocycles. The van der Waals surface area contributed by atoms with Gasteiger partial charge in [-0.1, -0.05) is 48.5 Å². The molecule has 0 aromatic heterocycles. The Hall–Kier alpha value is -3.88. The monoisotopic (exact) mass is 466 g/mol. The van der Waals surface area contributed by atoms with Crippen LogP contribution in [0.1, 0.15) is 36.8 Å². The molecule has 0 heterocycles. The van der Waals surface area contributed by atoms with Crippen molar-refractivity contribution in [2.24, 2.45) is 10.7 Å². The largest absolute Gasteiger partial charge is 0.468 e. The molecule has 2 aromatic rings. The highest BCUT2D eigenvalue weighted by molar-refractivity contribution is 5.88. The van der Waals surface area contributed by atoms with Gasteiger partial charge in [0, 0.05) is 12.5 Å². The van der Waals surface area contributed by atoms with Gasteiger partial charge in [0.1, 0.15) is 19.2 Å². The summed E-state index contributed by atoms with van der Waals surface area (Å²) in [6.07, 6.45) is 0.0984. The van der Waals surface area contributed by atoms with E-state index in [0.717, 1.165) is 22.3 Å². The number of hydrogen-bond donors (Lipinski definition) is 3. The summed E-state index contributed by atoms with van der Waals surface area (Å²) in [6.45, 7) is 1.93. The van der Waals surface area contributed by atoms with Crippen LogP contribution in [0.4, 0.5) is 4.79 Å². The van der Waals surface area contributed by atoms with Gasteiger partial charge in [-0.2, -0.15) is 0 Å². The Morgan fingerprint density at radius 3 is 2.26 bits per heavy atom. The predicted octanol–water partition coefficient (Wildman–Crippen LogP) is 2.34. The minimum Gasteiger partial charge on any atom is -0.468 e. The number of rotatable bonds is 10. The highest BCUT2D eigenvalue weighted by Gasteiger charge is 2.29. The molecular weight excluding hydrogens is 436 g/mol. The van der Waals surface area contributed by atoms with Crippen molar-refractivity contribution < 1.29 is 23.9 Å². The van der Waals surface area contributed by atoms with Gasteiger partial charge in [-0.05, 0) is 42.0 Å². The van der Waals surface area contributed by atoms with E-state index >= 15 is 0 Å². The van der Waals surface area contributed by atoms with Crippen LogP contribution in [0.5, 0.6) is 0 Å². The number of carbonyl (C=O) groups is 3. The molecule has 3 rings (SSSR count). The Labute approximate surface area is 198 Å². The average molecular weight is 467 g/mol. The third-order valence-corrected chi connectivity index (χ3v) is 5.60. The maximum atomic E-state index is 12.6. The zero-order chi connectivity index (χ0) is 24.5. The molecule has 0 bridgehead atoms. The molecule has 0 saturated carbocycles. The molecule has 0 saturated heterocycles. The van der Waals surface area contributed by atoms with Crippen molar-refractivity contribution in [2.45, 2.75) is 31.7 Å². The van der Waals surface area contributed by atoms with Gasteiger partial charge < -0.3 is 25.8 Å². The number of aliphatic imine (C=N–C) groups is 1. The van der Waals surface area contributed by atoms with Crippen molar-refractivity contribution in [2.75, 3.05) is 26.8 Å². The number of amides is 2. The van der Waals surface area contributed by atoms with Crippen LogP contribution < -0.4 is 16.4 Å². The van der Waals surface area contributed by atoms with Crippen LogP contribution >= 0.6 is 0 Å². The van der Waals surface area contributed by atoms with Gasteiger partial charge in [-0.15, -0.1) is 0 Å². The number of esters is 1. The van der Waals surface area contributed by atoms with E-state index < -0.39 is 24.0 Å². The molecular formula is C25H30N4O5. The minimum absolute atomic E-state index is 0.0911. The van der Waals surface area contributed by atoms with Crippen LogP contribution in [0, 0.1) is 0 Å². The maximum absolute atomic E-state index is 12.6. The standard InChI is InChI=1S/C25H30N4O5/c1-16(26)27-13-7-12-22(24(31)28-14-23(30)33-2)29-25(32)34-15-21-19-10-5-3-8-17(19)18-9-4-6-11-20(18)21/h3-6,8-11,21-22H,7,12-15H2,1-2H3,(H2,26,27)(H,28,31)(H,29,32)/t22-/m0/s1. The first-order chi connectivity index (χ1) is 16.4. The lowest BCUT2D eigenvalue weighted by Gasteiger charge is -2.19. The van der Waals surface area contributed by atoms with Crippen molar-refractivity contribution in [1.29, 1.82) is 0 Å². The van der Waals surface area contributed by atoms with Crippen molar-refractivity contribution >= 4 is 23.8 Å². The van der Waals surface area contributed by atoms with E-state index in [1.54, 1.807) is 6.92 Å². The van der Waals surface area contributed by atoms with E-state index in [0.29, 0.717) is 25.2 Å². The van der Waals surface area contributed by atoms with Crippen LogP contribution in [0.15, 0.2) is 53.5 Å². The SMILES string of the molecule is COC(=O)CNC(=O)[C@H](CCCN=C(C)N)NC(=O)OCC1c2ccccc2-c2ccccc21. The third kappa shape index (κ3) is 6.34.